The van der Waals surface area contributed by atoms with Gasteiger partial charge in [-0.25, -0.2) is 13.9 Å². The minimum absolute atomic E-state index is 0.0479. The Morgan fingerprint density at radius 2 is 1.23 bits per heavy atom. The van der Waals surface area contributed by atoms with E-state index >= 15 is 0 Å². The molecule has 6 N–H and O–H groups in total. The van der Waals surface area contributed by atoms with Crippen molar-refractivity contribution >= 4 is 39.2 Å². The third-order valence-corrected chi connectivity index (χ3v) is 13.2. The zero-order valence-electron chi connectivity index (χ0n) is 42.4. The maximum Gasteiger partial charge on any atom is 0.481 e. The summed E-state index contributed by atoms with van der Waals surface area (Å²) >= 11 is 0. The predicted molar refractivity (Wildman–Crippen MR) is 280 cm³/mol. The van der Waals surface area contributed by atoms with Gasteiger partial charge in [0.2, 0.25) is 0 Å². The first-order chi connectivity index (χ1) is 35.1. The molecule has 0 bridgehead atoms. The van der Waals surface area contributed by atoms with Crippen LogP contribution < -0.4 is 11.4 Å². The normalized spacial score (nSPS) is 19.7. The van der Waals surface area contributed by atoms with Gasteiger partial charge in [-0.15, -0.1) is 0 Å². The molecule has 1 saturated heterocycles. The van der Waals surface area contributed by atoms with Crippen LogP contribution in [0.4, 0.5) is 5.82 Å². The number of aliphatic hydroxyl groups excluding tert-OH is 2. The van der Waals surface area contributed by atoms with Gasteiger partial charge in [-0.1, -0.05) is 131 Å². The average molecular weight is 1060 g/mol. The lowest BCUT2D eigenvalue weighted by atomic mass is 10.1. The van der Waals surface area contributed by atoms with Crippen molar-refractivity contribution in [2.75, 3.05) is 25.6 Å². The molecule has 0 amide bonds. The highest BCUT2D eigenvalue weighted by Crippen LogP contribution is 2.60. The fraction of sp³-hybridized carbons (Fsp3) is 0.558. The van der Waals surface area contributed by atoms with Crippen LogP contribution in [0.5, 0.6) is 0 Å². The summed E-state index contributed by atoms with van der Waals surface area (Å²) in [5.41, 5.74) is 4.56. The summed E-state index contributed by atoms with van der Waals surface area (Å²) in [6.07, 6.45) is 39.3. The van der Waals surface area contributed by atoms with Crippen molar-refractivity contribution in [3.05, 3.63) is 120 Å². The number of ether oxygens (including phenoxy) is 3. The first-order valence-corrected chi connectivity index (χ1v) is 28.2. The molecule has 408 valence electrons. The van der Waals surface area contributed by atoms with Crippen LogP contribution in [-0.4, -0.2) is 91.5 Å². The lowest BCUT2D eigenvalue weighted by molar-refractivity contribution is -0.161. The van der Waals surface area contributed by atoms with Crippen molar-refractivity contribution in [2.24, 2.45) is 0 Å². The van der Waals surface area contributed by atoms with Gasteiger partial charge in [0.15, 0.2) is 18.1 Å². The third-order valence-electron chi connectivity index (χ3n) is 10.6. The van der Waals surface area contributed by atoms with Gasteiger partial charge in [0.25, 0.3) is 0 Å². The molecule has 1 aromatic rings. The van der Waals surface area contributed by atoms with Gasteiger partial charge in [-0.2, -0.15) is 9.29 Å². The number of aliphatic hydroxyl groups is 2. The molecule has 1 aliphatic heterocycles. The molecular weight excluding hydrogens is 985 g/mol. The molecular formula is C52H79N3O16P2. The first-order valence-electron chi connectivity index (χ1n) is 25.2. The number of hydrogen-bond acceptors (Lipinski definition) is 16. The maximum absolute atomic E-state index is 12.8. The highest BCUT2D eigenvalue weighted by atomic mass is 31.3. The van der Waals surface area contributed by atoms with E-state index in [4.69, 9.17) is 29.0 Å². The number of phosphoric ester groups is 2. The largest absolute Gasteiger partial charge is 0.481 e. The molecule has 19 nitrogen and oxygen atoms in total. The molecule has 21 heteroatoms. The van der Waals surface area contributed by atoms with Crippen molar-refractivity contribution in [1.82, 2.24) is 9.55 Å². The summed E-state index contributed by atoms with van der Waals surface area (Å²) in [4.78, 5) is 74.2. The van der Waals surface area contributed by atoms with Crippen molar-refractivity contribution in [2.45, 2.75) is 166 Å². The lowest BCUT2D eigenvalue weighted by Crippen LogP contribution is -2.36. The Balaban J connectivity index is 1.89. The van der Waals surface area contributed by atoms with Crippen LogP contribution in [-0.2, 0) is 51.1 Å². The van der Waals surface area contributed by atoms with E-state index in [0.29, 0.717) is 25.7 Å². The highest BCUT2D eigenvalue weighted by molar-refractivity contribution is 7.61. The number of ketones is 1. The van der Waals surface area contributed by atoms with Crippen molar-refractivity contribution in [3.8, 4) is 0 Å². The smallest absolute Gasteiger partial charge is 0.462 e. The van der Waals surface area contributed by atoms with Crippen LogP contribution in [0, 0.1) is 0 Å². The van der Waals surface area contributed by atoms with E-state index in [1.165, 1.54) is 50.7 Å². The molecule has 7 atom stereocenters. The van der Waals surface area contributed by atoms with Crippen LogP contribution in [0.1, 0.15) is 142 Å². The summed E-state index contributed by atoms with van der Waals surface area (Å²) in [5, 5.41) is 20.9. The van der Waals surface area contributed by atoms with Gasteiger partial charge < -0.3 is 39.9 Å². The number of carbonyl (C=O) groups excluding carboxylic acids is 3. The van der Waals surface area contributed by atoms with Crippen LogP contribution >= 0.6 is 15.6 Å². The van der Waals surface area contributed by atoms with Crippen molar-refractivity contribution in [1.29, 1.82) is 0 Å². The van der Waals surface area contributed by atoms with Crippen molar-refractivity contribution < 1.29 is 71.1 Å². The monoisotopic (exact) mass is 1060 g/mol. The Morgan fingerprint density at radius 3 is 1.81 bits per heavy atom. The molecule has 1 aromatic heterocycles. The van der Waals surface area contributed by atoms with Crippen LogP contribution in [0.2, 0.25) is 0 Å². The Labute approximate surface area is 430 Å². The molecule has 2 unspecified atom stereocenters. The summed E-state index contributed by atoms with van der Waals surface area (Å²) in [5.74, 6) is -1.85. The number of hydrogen-bond donors (Lipinski definition) is 5. The Morgan fingerprint density at radius 1 is 0.699 bits per heavy atom. The second-order valence-electron chi connectivity index (χ2n) is 17.0. The minimum atomic E-state index is -5.49. The van der Waals surface area contributed by atoms with Crippen LogP contribution in [0.3, 0.4) is 0 Å². The summed E-state index contributed by atoms with van der Waals surface area (Å²) in [6.45, 7) is 1.79. The number of rotatable bonds is 40. The summed E-state index contributed by atoms with van der Waals surface area (Å²) in [6, 6.07) is 1.23. The van der Waals surface area contributed by atoms with Gasteiger partial charge in [-0.3, -0.25) is 28.0 Å². The van der Waals surface area contributed by atoms with E-state index in [9.17, 15) is 48.3 Å². The maximum atomic E-state index is 12.8. The molecule has 0 aromatic carbocycles. The number of allylic oxidation sites excluding steroid dienone is 16. The van der Waals surface area contributed by atoms with E-state index in [1.54, 1.807) is 12.2 Å². The Bertz CT molecular complexity index is 2170. The average Bonchev–Trinajstić information content (AvgIpc) is 3.62. The Kier molecular flexibility index (Phi) is 34.3. The number of anilines is 1. The molecule has 0 aliphatic carbocycles. The van der Waals surface area contributed by atoms with E-state index in [1.807, 2.05) is 30.4 Å². The zero-order chi connectivity index (χ0) is 53.6. The standard InChI is InChI=1S/C52H79N3O16P2/c1-3-5-7-9-11-13-15-17-18-19-20-22-24-26-28-30-32-36-48(58)69-44(40-66-47(57)37-33-35-43(56)34-31-29-27-25-23-21-16-14-12-10-8-6-4-2)41-67-72(62,63)71-73(64,65)68-42-45-49(59)50(60)51(70-45)55-39-38-46(53)54-52(55)61/h11-14,17-18,20-23,26-29,31,34,38-39,44-45,49-51,59-60H,3-10,15-16,19,24-25,30,32-33,35-37,40-42H2,1-2H3,(H,62,63)(H,64,65)(H2,53,54,61)/b13-11-,14-12-,18-17-,22-20-,23-21-,28-26-,29-27-,34-31+/t44-,45-,49-,50-,51-/m1/s1. The molecule has 2 rings (SSSR count). The molecule has 0 saturated carbocycles. The van der Waals surface area contributed by atoms with Gasteiger partial charge in [0.1, 0.15) is 30.7 Å². The fourth-order valence-electron chi connectivity index (χ4n) is 6.67. The van der Waals surface area contributed by atoms with Gasteiger partial charge in [-0.05, 0) is 89.2 Å². The second-order valence-corrected chi connectivity index (χ2v) is 20.0. The third kappa shape index (κ3) is 31.6. The first kappa shape index (κ1) is 64.5. The highest BCUT2D eigenvalue weighted by Gasteiger charge is 2.46. The zero-order valence-corrected chi connectivity index (χ0v) is 44.2. The molecule has 1 fully saturated rings. The number of esters is 2. The quantitative estimate of drug-likeness (QED) is 0.0102. The second kappa shape index (κ2) is 38.9. The van der Waals surface area contributed by atoms with E-state index < -0.39 is 83.7 Å². The van der Waals surface area contributed by atoms with Gasteiger partial charge in [0.05, 0.1) is 13.2 Å². The number of aromatic nitrogens is 2. The van der Waals surface area contributed by atoms with Crippen molar-refractivity contribution in [3.63, 3.8) is 0 Å². The number of carbonyl (C=O) groups is 3. The minimum Gasteiger partial charge on any atom is -0.462 e. The number of phosphoric acid groups is 2. The lowest BCUT2D eigenvalue weighted by Gasteiger charge is -2.21. The Hall–Kier alpha value is -4.65. The number of nitrogens with zero attached hydrogens (tertiary/aromatic N) is 2. The fourth-order valence-corrected chi connectivity index (χ4v) is 8.78. The number of unbranched alkanes of at least 4 members (excludes halogenated alkanes) is 7. The molecule has 1 aliphatic rings. The van der Waals surface area contributed by atoms with Crippen LogP contribution in [0.25, 0.3) is 0 Å². The van der Waals surface area contributed by atoms with Crippen LogP contribution in [0.15, 0.2) is 114 Å². The van der Waals surface area contributed by atoms with E-state index in [0.717, 1.165) is 42.9 Å². The molecule has 73 heavy (non-hydrogen) atoms. The number of nitrogens with two attached hydrogens (primary N) is 1. The molecule has 0 radical (unpaired) electrons. The summed E-state index contributed by atoms with van der Waals surface area (Å²) < 4.78 is 56.4. The van der Waals surface area contributed by atoms with E-state index in [-0.39, 0.29) is 37.3 Å². The van der Waals surface area contributed by atoms with Gasteiger partial charge in [0, 0.05) is 25.5 Å². The number of nitrogen functional groups attached to an aromatic ring is 1. The topological polar surface area (TPSA) is 283 Å². The van der Waals surface area contributed by atoms with E-state index in [2.05, 4.69) is 71.8 Å². The summed E-state index contributed by atoms with van der Waals surface area (Å²) in [7, 11) is -11.0. The molecule has 0 spiro atoms. The van der Waals surface area contributed by atoms with Gasteiger partial charge >= 0.3 is 33.3 Å². The predicted octanol–water partition coefficient (Wildman–Crippen LogP) is 9.62. The SMILES string of the molecule is CCCCC/C=C\C/C=C\C/C=C\C=C\C(=O)CCCC(=O)OC[C@H](COP(=O)(O)OP(=O)(O)OC[C@H]1O[C@@H](n2ccc(N)nc2=O)[C@H](O)[C@@H]1O)OC(=O)CCC/C=C\C/C=C\C/C=C\C/C=C\CCCCC. The molecule has 2 heterocycles.